The topological polar surface area (TPSA) is 40.5 Å². The molecule has 90 valence electrons. The van der Waals surface area contributed by atoms with Gasteiger partial charge in [-0.2, -0.15) is 0 Å². The van der Waals surface area contributed by atoms with Crippen molar-refractivity contribution in [2.75, 3.05) is 13.1 Å². The van der Waals surface area contributed by atoms with Crippen molar-refractivity contribution in [1.82, 2.24) is 4.90 Å². The minimum absolute atomic E-state index is 0.163. The Labute approximate surface area is 97.1 Å². The molecule has 0 bridgehead atoms. The highest BCUT2D eigenvalue weighted by Crippen LogP contribution is 2.29. The lowest BCUT2D eigenvalue weighted by Gasteiger charge is -2.47. The molecule has 1 aliphatic heterocycles. The van der Waals surface area contributed by atoms with Gasteiger partial charge in [-0.25, -0.2) is 0 Å². The van der Waals surface area contributed by atoms with Crippen molar-refractivity contribution < 1.29 is 9.90 Å². The minimum Gasteiger partial charge on any atom is -0.386 e. The summed E-state index contributed by atoms with van der Waals surface area (Å²) in [5, 5.41) is 10.0. The highest BCUT2D eigenvalue weighted by molar-refractivity contribution is 5.80. The maximum atomic E-state index is 12.1. The maximum absolute atomic E-state index is 12.1. The Balaban J connectivity index is 1.82. The third-order valence-electron chi connectivity index (χ3n) is 3.62. The van der Waals surface area contributed by atoms with Crippen molar-refractivity contribution in [3.8, 4) is 0 Å². The van der Waals surface area contributed by atoms with Crippen molar-refractivity contribution >= 4 is 5.91 Å². The fourth-order valence-corrected chi connectivity index (χ4v) is 2.72. The summed E-state index contributed by atoms with van der Waals surface area (Å²) < 4.78 is 0. The predicted octanol–water partition coefficient (Wildman–Crippen LogP) is 1.72. The van der Waals surface area contributed by atoms with Crippen molar-refractivity contribution in [1.29, 1.82) is 0 Å². The van der Waals surface area contributed by atoms with Gasteiger partial charge in [0.25, 0.3) is 0 Å². The summed E-state index contributed by atoms with van der Waals surface area (Å²) in [6.07, 6.45) is 8.90. The molecule has 2 rings (SSSR count). The SMILES string of the molecule is CCCC1(O)CN(C(=O)C2CC=CCC2)C1. The van der Waals surface area contributed by atoms with Crippen LogP contribution in [0.5, 0.6) is 0 Å². The molecular weight excluding hydrogens is 202 g/mol. The smallest absolute Gasteiger partial charge is 0.226 e. The van der Waals surface area contributed by atoms with E-state index in [9.17, 15) is 9.90 Å². The molecule has 0 radical (unpaired) electrons. The Hall–Kier alpha value is -0.830. The van der Waals surface area contributed by atoms with Crippen LogP contribution in [0.3, 0.4) is 0 Å². The molecule has 1 fully saturated rings. The highest BCUT2D eigenvalue weighted by atomic mass is 16.3. The summed E-state index contributed by atoms with van der Waals surface area (Å²) in [6.45, 7) is 3.15. The lowest BCUT2D eigenvalue weighted by molar-refractivity contribution is -0.160. The molecule has 1 saturated heterocycles. The molecule has 0 aromatic rings. The summed E-state index contributed by atoms with van der Waals surface area (Å²) in [5.41, 5.74) is -0.588. The Morgan fingerprint density at radius 2 is 2.25 bits per heavy atom. The molecule has 3 heteroatoms. The third-order valence-corrected chi connectivity index (χ3v) is 3.62. The van der Waals surface area contributed by atoms with Crippen LogP contribution < -0.4 is 0 Å². The van der Waals surface area contributed by atoms with Gasteiger partial charge in [0.05, 0.1) is 18.7 Å². The number of hydrogen-bond acceptors (Lipinski definition) is 2. The van der Waals surface area contributed by atoms with E-state index in [4.69, 9.17) is 0 Å². The summed E-state index contributed by atoms with van der Waals surface area (Å²) in [5.74, 6) is 0.404. The van der Waals surface area contributed by atoms with Crippen LogP contribution in [0.15, 0.2) is 12.2 Å². The number of nitrogens with zero attached hydrogens (tertiary/aromatic N) is 1. The molecule has 0 spiro atoms. The predicted molar refractivity (Wildman–Crippen MR) is 62.9 cm³/mol. The van der Waals surface area contributed by atoms with E-state index in [2.05, 4.69) is 19.1 Å². The second kappa shape index (κ2) is 4.58. The Kier molecular flexibility index (Phi) is 3.33. The Morgan fingerprint density at radius 1 is 1.50 bits per heavy atom. The molecule has 0 aromatic heterocycles. The zero-order valence-corrected chi connectivity index (χ0v) is 9.98. The van der Waals surface area contributed by atoms with Gasteiger partial charge >= 0.3 is 0 Å². The average molecular weight is 223 g/mol. The van der Waals surface area contributed by atoms with Crippen LogP contribution >= 0.6 is 0 Å². The average Bonchev–Trinajstić information content (AvgIpc) is 2.26. The number of aliphatic hydroxyl groups is 1. The second-order valence-electron chi connectivity index (χ2n) is 5.15. The van der Waals surface area contributed by atoms with Gasteiger partial charge in [0.15, 0.2) is 0 Å². The van der Waals surface area contributed by atoms with Crippen LogP contribution in [0.25, 0.3) is 0 Å². The lowest BCUT2D eigenvalue weighted by Crippen LogP contribution is -2.64. The van der Waals surface area contributed by atoms with Gasteiger partial charge in [-0.15, -0.1) is 0 Å². The molecule has 1 atom stereocenters. The van der Waals surface area contributed by atoms with E-state index in [1.807, 2.05) is 4.90 Å². The lowest BCUT2D eigenvalue weighted by atomic mass is 9.86. The van der Waals surface area contributed by atoms with E-state index < -0.39 is 5.60 Å². The van der Waals surface area contributed by atoms with E-state index in [1.54, 1.807) is 0 Å². The van der Waals surface area contributed by atoms with Crippen LogP contribution in [-0.4, -0.2) is 34.6 Å². The quantitative estimate of drug-likeness (QED) is 0.740. The number of amides is 1. The second-order valence-corrected chi connectivity index (χ2v) is 5.15. The van der Waals surface area contributed by atoms with E-state index in [0.29, 0.717) is 13.1 Å². The number of likely N-dealkylation sites (tertiary alicyclic amines) is 1. The van der Waals surface area contributed by atoms with Crippen molar-refractivity contribution in [2.45, 2.75) is 44.6 Å². The Bertz CT molecular complexity index is 292. The molecule has 16 heavy (non-hydrogen) atoms. The summed E-state index contributed by atoms with van der Waals surface area (Å²) in [7, 11) is 0. The molecule has 1 unspecified atom stereocenters. The zero-order chi connectivity index (χ0) is 11.6. The summed E-state index contributed by atoms with van der Waals surface area (Å²) in [4.78, 5) is 13.9. The van der Waals surface area contributed by atoms with Gasteiger partial charge in [0, 0.05) is 5.92 Å². The first-order valence-electron chi connectivity index (χ1n) is 6.31. The van der Waals surface area contributed by atoms with Crippen LogP contribution in [0.1, 0.15) is 39.0 Å². The fraction of sp³-hybridized carbons (Fsp3) is 0.769. The van der Waals surface area contributed by atoms with E-state index in [-0.39, 0.29) is 11.8 Å². The fourth-order valence-electron chi connectivity index (χ4n) is 2.72. The number of rotatable bonds is 3. The van der Waals surface area contributed by atoms with E-state index in [1.165, 1.54) is 0 Å². The van der Waals surface area contributed by atoms with Crippen LogP contribution in [0.2, 0.25) is 0 Å². The number of carbonyl (C=O) groups excluding carboxylic acids is 1. The molecule has 1 aliphatic carbocycles. The van der Waals surface area contributed by atoms with E-state index >= 15 is 0 Å². The normalized spacial score (nSPS) is 27.6. The van der Waals surface area contributed by atoms with Gasteiger partial charge in [-0.3, -0.25) is 4.79 Å². The summed E-state index contributed by atoms with van der Waals surface area (Å²) >= 11 is 0. The van der Waals surface area contributed by atoms with Crippen LogP contribution in [-0.2, 0) is 4.79 Å². The molecule has 1 N–H and O–H groups in total. The third kappa shape index (κ3) is 2.29. The zero-order valence-electron chi connectivity index (χ0n) is 9.98. The van der Waals surface area contributed by atoms with Gasteiger partial charge in [-0.1, -0.05) is 25.5 Å². The first-order valence-corrected chi connectivity index (χ1v) is 6.31. The van der Waals surface area contributed by atoms with Gasteiger partial charge in [-0.05, 0) is 25.7 Å². The number of β-amino-alcohol motifs (C(OH)–C–C–N with tert-alkyl or cyclic N) is 1. The van der Waals surface area contributed by atoms with Crippen molar-refractivity contribution in [2.24, 2.45) is 5.92 Å². The Morgan fingerprint density at radius 3 is 2.81 bits per heavy atom. The molecule has 3 nitrogen and oxygen atoms in total. The van der Waals surface area contributed by atoms with Crippen LogP contribution in [0, 0.1) is 5.92 Å². The van der Waals surface area contributed by atoms with E-state index in [0.717, 1.165) is 32.1 Å². The highest BCUT2D eigenvalue weighted by Gasteiger charge is 2.43. The van der Waals surface area contributed by atoms with Gasteiger partial charge in [0.1, 0.15) is 0 Å². The largest absolute Gasteiger partial charge is 0.386 e. The summed E-state index contributed by atoms with van der Waals surface area (Å²) in [6, 6.07) is 0. The van der Waals surface area contributed by atoms with Crippen LogP contribution in [0.4, 0.5) is 0 Å². The monoisotopic (exact) mass is 223 g/mol. The first-order chi connectivity index (χ1) is 7.64. The molecule has 1 heterocycles. The van der Waals surface area contributed by atoms with Crippen molar-refractivity contribution in [3.63, 3.8) is 0 Å². The molecule has 2 aliphatic rings. The van der Waals surface area contributed by atoms with Crippen molar-refractivity contribution in [3.05, 3.63) is 12.2 Å². The molecular formula is C13H21NO2. The minimum atomic E-state index is -0.588. The standard InChI is InChI=1S/C13H21NO2/c1-2-8-13(16)9-14(10-13)12(15)11-6-4-3-5-7-11/h3-4,11,16H,2,5-10H2,1H3. The number of allylic oxidation sites excluding steroid dienone is 2. The first kappa shape index (κ1) is 11.6. The molecule has 1 amide bonds. The number of carbonyl (C=O) groups is 1. The van der Waals surface area contributed by atoms with Gasteiger partial charge in [0.2, 0.25) is 5.91 Å². The number of hydrogen-bond donors (Lipinski definition) is 1. The van der Waals surface area contributed by atoms with Gasteiger partial charge < -0.3 is 10.0 Å². The molecule has 0 saturated carbocycles. The molecule has 0 aromatic carbocycles. The maximum Gasteiger partial charge on any atom is 0.226 e.